The molecule has 0 spiro atoms. The van der Waals surface area contributed by atoms with Gasteiger partial charge in [-0.15, -0.1) is 27.5 Å². The second-order valence-electron chi connectivity index (χ2n) is 1.88. The fourth-order valence-electron chi connectivity index (χ4n) is 0.561. The van der Waals surface area contributed by atoms with E-state index in [1.54, 1.807) is 0 Å². The highest BCUT2D eigenvalue weighted by Crippen LogP contribution is 1.99. The van der Waals surface area contributed by atoms with E-state index in [1.807, 2.05) is 18.4 Å². The summed E-state index contributed by atoms with van der Waals surface area (Å²) < 4.78 is 1.87. The average molecular weight is 235 g/mol. The highest BCUT2D eigenvalue weighted by atomic mass is 127. The van der Waals surface area contributed by atoms with Gasteiger partial charge in [0, 0.05) is 5.69 Å². The van der Waals surface area contributed by atoms with E-state index < -0.39 is 0 Å². The average Bonchev–Trinajstić information content (AvgIpc) is 2.15. The van der Waals surface area contributed by atoms with Crippen molar-refractivity contribution in [2.45, 2.75) is 13.8 Å². The molecule has 1 rings (SSSR count). The minimum Gasteiger partial charge on any atom is -0.286 e. The van der Waals surface area contributed by atoms with Crippen molar-refractivity contribution in [2.24, 2.45) is 0 Å². The molecule has 5 heteroatoms. The summed E-state index contributed by atoms with van der Waals surface area (Å²) in [7, 11) is 0. The van der Waals surface area contributed by atoms with Gasteiger partial charge in [-0.25, -0.2) is 0 Å². The lowest BCUT2D eigenvalue weighted by atomic mass is 10.3. The molecule has 0 radical (unpaired) electrons. The van der Waals surface area contributed by atoms with Gasteiger partial charge < -0.3 is 0 Å². The molecule has 0 N–H and O–H groups in total. The Balaban J connectivity index is 3.04. The van der Waals surface area contributed by atoms with Gasteiger partial charge in [-0.3, -0.25) is 4.59 Å². The van der Waals surface area contributed by atoms with Crippen LogP contribution < -0.4 is 0 Å². The number of aromatic nitrogens is 3. The van der Waals surface area contributed by atoms with Crippen molar-refractivity contribution in [1.29, 1.82) is 0 Å². The summed E-state index contributed by atoms with van der Waals surface area (Å²) >= 11 is 2.25. The number of hydrogen-bond donors (Lipinski definition) is 0. The highest BCUT2D eigenvalue weighted by molar-refractivity contribution is 14.1. The molecule has 1 aromatic rings. The Kier molecular flexibility index (Phi) is 2.10. The van der Waals surface area contributed by atoms with Gasteiger partial charge in [0.25, 0.3) is 0 Å². The fourth-order valence-corrected chi connectivity index (χ4v) is 1.21. The van der Waals surface area contributed by atoms with E-state index in [0.29, 0.717) is 0 Å². The quantitative estimate of drug-likeness (QED) is 0.522. The molecule has 0 aliphatic carbocycles. The first-order chi connectivity index (χ1) is 4.25. The van der Waals surface area contributed by atoms with Crippen LogP contribution in [0.15, 0.2) is 0 Å². The molecule has 0 saturated carbocycles. The van der Waals surface area contributed by atoms with Gasteiger partial charge in [0.05, 0.1) is 5.69 Å². The van der Waals surface area contributed by atoms with Crippen molar-refractivity contribution in [1.82, 2.24) is 14.9 Å². The molecule has 0 fully saturated rings. The van der Waals surface area contributed by atoms with Crippen molar-refractivity contribution in [3.05, 3.63) is 11.4 Å². The SMILES string of the molecule is Cc1nnn(BI)c1C. The molecule has 0 amide bonds. The summed E-state index contributed by atoms with van der Waals surface area (Å²) in [6, 6.07) is 0. The third kappa shape index (κ3) is 1.25. The zero-order valence-corrected chi connectivity index (χ0v) is 7.58. The lowest BCUT2D eigenvalue weighted by Gasteiger charge is -1.92. The molecule has 0 aromatic carbocycles. The maximum Gasteiger partial charge on any atom is 0.338 e. The predicted octanol–water partition coefficient (Wildman–Crippen LogP) is 0.445. The van der Waals surface area contributed by atoms with Gasteiger partial charge in [-0.05, 0) is 13.8 Å². The van der Waals surface area contributed by atoms with Crippen LogP contribution in [0, 0.1) is 13.8 Å². The van der Waals surface area contributed by atoms with Gasteiger partial charge in [0.2, 0.25) is 0 Å². The first-order valence-electron chi connectivity index (χ1n) is 2.68. The van der Waals surface area contributed by atoms with E-state index in [9.17, 15) is 0 Å². The van der Waals surface area contributed by atoms with Gasteiger partial charge in [-0.2, -0.15) is 0 Å². The Morgan fingerprint density at radius 2 is 2.22 bits per heavy atom. The lowest BCUT2D eigenvalue weighted by Crippen LogP contribution is -2.02. The van der Waals surface area contributed by atoms with Crippen LogP contribution in [0.2, 0.25) is 0 Å². The van der Waals surface area contributed by atoms with Crippen LogP contribution in [0.5, 0.6) is 0 Å². The van der Waals surface area contributed by atoms with E-state index in [4.69, 9.17) is 0 Å². The van der Waals surface area contributed by atoms with E-state index >= 15 is 0 Å². The van der Waals surface area contributed by atoms with Crippen LogP contribution in [0.1, 0.15) is 11.4 Å². The Bertz CT molecular complexity index is 210. The van der Waals surface area contributed by atoms with Crippen LogP contribution in [0.25, 0.3) is 0 Å². The zero-order chi connectivity index (χ0) is 6.85. The summed E-state index contributed by atoms with van der Waals surface area (Å²) in [5.74, 6) is 0. The first-order valence-corrected chi connectivity index (χ1v) is 4.21. The molecule has 0 unspecified atom stereocenters. The van der Waals surface area contributed by atoms with Crippen molar-refractivity contribution in [3.8, 4) is 0 Å². The maximum atomic E-state index is 3.90. The van der Waals surface area contributed by atoms with Crippen LogP contribution in [0.3, 0.4) is 0 Å². The molecule has 0 aliphatic rings. The van der Waals surface area contributed by atoms with Crippen LogP contribution in [-0.4, -0.2) is 20.2 Å². The summed E-state index contributed by atoms with van der Waals surface area (Å²) in [6.45, 7) is 3.99. The molecule has 0 atom stereocenters. The normalized spacial score (nSPS) is 9.67. The van der Waals surface area contributed by atoms with Crippen molar-refractivity contribution < 1.29 is 0 Å². The number of hydrogen-bond acceptors (Lipinski definition) is 2. The summed E-state index contributed by atoms with van der Waals surface area (Å²) in [6.07, 6.45) is 0. The molecule has 1 heterocycles. The molecule has 48 valence electrons. The molecule has 0 aliphatic heterocycles. The van der Waals surface area contributed by atoms with Gasteiger partial charge >= 0.3 is 5.27 Å². The number of rotatable bonds is 1. The maximum absolute atomic E-state index is 3.90. The number of halogens is 1. The Labute approximate surface area is 68.0 Å². The van der Waals surface area contributed by atoms with Gasteiger partial charge in [0.1, 0.15) is 0 Å². The molecule has 1 aromatic heterocycles. The Morgan fingerprint density at radius 3 is 2.44 bits per heavy atom. The van der Waals surface area contributed by atoms with Gasteiger partial charge in [-0.1, -0.05) is 5.21 Å². The second kappa shape index (κ2) is 2.68. The van der Waals surface area contributed by atoms with E-state index in [-0.39, 0.29) is 0 Å². The predicted molar refractivity (Wildman–Crippen MR) is 46.1 cm³/mol. The van der Waals surface area contributed by atoms with Crippen molar-refractivity contribution in [2.75, 3.05) is 0 Å². The molecular formula is C4H7BIN3. The molecule has 9 heavy (non-hydrogen) atoms. The van der Waals surface area contributed by atoms with Crippen LogP contribution >= 0.6 is 22.4 Å². The summed E-state index contributed by atoms with van der Waals surface area (Å²) in [5.41, 5.74) is 2.18. The topological polar surface area (TPSA) is 30.7 Å². The first kappa shape index (κ1) is 7.05. The summed E-state index contributed by atoms with van der Waals surface area (Å²) in [5, 5.41) is 8.67. The standard InChI is InChI=1S/C4H7BIN3/c1-3-4(2)9(5-6)8-7-3/h5H,1-2H3. The zero-order valence-electron chi connectivity index (χ0n) is 5.43. The van der Waals surface area contributed by atoms with Crippen LogP contribution in [-0.2, 0) is 0 Å². The Hall–Kier alpha value is -0.0651. The van der Waals surface area contributed by atoms with E-state index in [2.05, 4.69) is 32.7 Å². The fraction of sp³-hybridized carbons (Fsp3) is 0.500. The minimum absolute atomic E-state index is 0.879. The molecule has 3 nitrogen and oxygen atoms in total. The minimum atomic E-state index is 0.879. The van der Waals surface area contributed by atoms with E-state index in [0.717, 1.165) is 16.7 Å². The molecule has 0 bridgehead atoms. The van der Waals surface area contributed by atoms with Gasteiger partial charge in [0.15, 0.2) is 0 Å². The number of aryl methyl sites for hydroxylation is 1. The van der Waals surface area contributed by atoms with E-state index in [1.165, 1.54) is 0 Å². The monoisotopic (exact) mass is 235 g/mol. The summed E-state index contributed by atoms with van der Waals surface area (Å²) in [4.78, 5) is 0. The van der Waals surface area contributed by atoms with Crippen molar-refractivity contribution >= 4 is 27.6 Å². The largest absolute Gasteiger partial charge is 0.338 e. The Morgan fingerprint density at radius 1 is 1.56 bits per heavy atom. The highest BCUT2D eigenvalue weighted by Gasteiger charge is 2.00. The van der Waals surface area contributed by atoms with Crippen molar-refractivity contribution in [3.63, 3.8) is 0 Å². The smallest absolute Gasteiger partial charge is 0.286 e. The lowest BCUT2D eigenvalue weighted by molar-refractivity contribution is 0.858. The number of nitrogens with zero attached hydrogens (tertiary/aromatic N) is 3. The molecule has 0 saturated heterocycles. The van der Waals surface area contributed by atoms with Crippen LogP contribution in [0.4, 0.5) is 0 Å². The third-order valence-electron chi connectivity index (χ3n) is 1.33. The second-order valence-corrected chi connectivity index (χ2v) is 2.56. The third-order valence-corrected chi connectivity index (χ3v) is 1.97. The molecular weight excluding hydrogens is 228 g/mol.